The van der Waals surface area contributed by atoms with Crippen LogP contribution in [0, 0.1) is 0 Å². The maximum Gasteiger partial charge on any atom is 0.338 e. The van der Waals surface area contributed by atoms with E-state index in [1.165, 1.54) is 11.3 Å². The number of nitrogens with zero attached hydrogens (tertiary/aromatic N) is 4. The van der Waals surface area contributed by atoms with Gasteiger partial charge in [0, 0.05) is 22.3 Å². The van der Waals surface area contributed by atoms with Crippen LogP contribution in [0.3, 0.4) is 0 Å². The van der Waals surface area contributed by atoms with Crippen molar-refractivity contribution in [3.63, 3.8) is 0 Å². The van der Waals surface area contributed by atoms with Crippen LogP contribution in [0.25, 0.3) is 23.0 Å². The Kier molecular flexibility index (Phi) is 7.26. The van der Waals surface area contributed by atoms with Gasteiger partial charge >= 0.3 is 5.97 Å². The molecule has 1 atom stereocenters. The van der Waals surface area contributed by atoms with Crippen LogP contribution >= 0.6 is 22.9 Å². The molecule has 0 N–H and O–H groups in total. The molecule has 1 aliphatic rings. The fourth-order valence-electron chi connectivity index (χ4n) is 4.92. The van der Waals surface area contributed by atoms with Crippen LogP contribution in [-0.2, 0) is 9.53 Å². The Morgan fingerprint density at radius 1 is 1.02 bits per heavy atom. The molecule has 3 heterocycles. The summed E-state index contributed by atoms with van der Waals surface area (Å²) < 4.78 is 9.24. The largest absolute Gasteiger partial charge is 0.463 e. The summed E-state index contributed by atoms with van der Waals surface area (Å²) in [6.45, 7) is 3.73. The molecule has 9 heteroatoms. The number of hydrogen-bond acceptors (Lipinski definition) is 6. The van der Waals surface area contributed by atoms with Crippen LogP contribution < -0.4 is 14.9 Å². The highest BCUT2D eigenvalue weighted by atomic mass is 35.5. The van der Waals surface area contributed by atoms with Crippen LogP contribution in [-0.4, -0.2) is 26.9 Å². The molecule has 0 saturated heterocycles. The number of halogens is 1. The van der Waals surface area contributed by atoms with Gasteiger partial charge in [-0.2, -0.15) is 5.10 Å². The third-order valence-corrected chi connectivity index (χ3v) is 8.03. The first-order chi connectivity index (χ1) is 19.9. The van der Waals surface area contributed by atoms with Crippen molar-refractivity contribution in [1.82, 2.24) is 14.3 Å². The standard InChI is InChI=1S/C32H25ClN4O3S/c1-3-40-31(39)27-20(2)34-32-37(29(27)22-14-16-24(33)17-15-22)30(38)26(41-32)18-23-19-36(25-12-8-5-9-13-25)35-28(23)21-10-6-4-7-11-21/h4-19,29H,3H2,1-2H3/b26-18-/t29-/m1/s1. The highest BCUT2D eigenvalue weighted by molar-refractivity contribution is 7.07. The normalized spacial score (nSPS) is 15.0. The number of esters is 1. The first kappa shape index (κ1) is 26.7. The Labute approximate surface area is 245 Å². The topological polar surface area (TPSA) is 78.5 Å². The molecule has 3 aromatic carbocycles. The van der Waals surface area contributed by atoms with Gasteiger partial charge in [-0.25, -0.2) is 14.5 Å². The number of allylic oxidation sites excluding steroid dienone is 1. The summed E-state index contributed by atoms with van der Waals surface area (Å²) >= 11 is 7.44. The summed E-state index contributed by atoms with van der Waals surface area (Å²) in [4.78, 5) is 32.4. The Morgan fingerprint density at radius 3 is 2.39 bits per heavy atom. The molecule has 0 bridgehead atoms. The molecule has 0 unspecified atom stereocenters. The van der Waals surface area contributed by atoms with Crippen molar-refractivity contribution in [1.29, 1.82) is 0 Å². The van der Waals surface area contributed by atoms with Crippen molar-refractivity contribution < 1.29 is 9.53 Å². The minimum absolute atomic E-state index is 0.209. The van der Waals surface area contributed by atoms with Crippen LogP contribution in [0.2, 0.25) is 5.02 Å². The van der Waals surface area contributed by atoms with E-state index < -0.39 is 12.0 Å². The first-order valence-corrected chi connectivity index (χ1v) is 14.3. The molecule has 6 rings (SSSR count). The molecule has 0 spiro atoms. The molecule has 0 radical (unpaired) electrons. The number of aromatic nitrogens is 3. The summed E-state index contributed by atoms with van der Waals surface area (Å²) in [5, 5.41) is 5.43. The molecule has 0 fully saturated rings. The second-order valence-electron chi connectivity index (χ2n) is 9.43. The van der Waals surface area contributed by atoms with Gasteiger partial charge in [-0.1, -0.05) is 83.6 Å². The second-order valence-corrected chi connectivity index (χ2v) is 10.9. The van der Waals surface area contributed by atoms with Gasteiger partial charge < -0.3 is 4.74 Å². The Balaban J connectivity index is 1.56. The van der Waals surface area contributed by atoms with Crippen molar-refractivity contribution in [2.45, 2.75) is 19.9 Å². The summed E-state index contributed by atoms with van der Waals surface area (Å²) in [6, 6.07) is 26.1. The molecule has 0 aliphatic carbocycles. The molecule has 5 aromatic rings. The number of hydrogen-bond donors (Lipinski definition) is 0. The average molecular weight is 581 g/mol. The maximum atomic E-state index is 14.1. The average Bonchev–Trinajstić information content (AvgIpc) is 3.54. The lowest BCUT2D eigenvalue weighted by molar-refractivity contribution is -0.139. The number of benzene rings is 3. The van der Waals surface area contributed by atoms with Crippen molar-refractivity contribution in [2.75, 3.05) is 6.61 Å². The summed E-state index contributed by atoms with van der Waals surface area (Å²) in [5.74, 6) is -0.501. The Bertz CT molecular complexity index is 1960. The monoisotopic (exact) mass is 580 g/mol. The minimum Gasteiger partial charge on any atom is -0.463 e. The van der Waals surface area contributed by atoms with Crippen LogP contribution in [0.4, 0.5) is 0 Å². The highest BCUT2D eigenvalue weighted by Crippen LogP contribution is 2.31. The van der Waals surface area contributed by atoms with Gasteiger partial charge in [0.15, 0.2) is 4.80 Å². The number of carbonyl (C=O) groups excluding carboxylic acids is 1. The number of ether oxygens (including phenoxy) is 1. The lowest BCUT2D eigenvalue weighted by atomic mass is 9.96. The van der Waals surface area contributed by atoms with Crippen LogP contribution in [0.15, 0.2) is 112 Å². The van der Waals surface area contributed by atoms with Crippen molar-refractivity contribution in [2.24, 2.45) is 4.99 Å². The van der Waals surface area contributed by atoms with Gasteiger partial charge in [0.25, 0.3) is 5.56 Å². The molecule has 204 valence electrons. The van der Waals surface area contributed by atoms with E-state index in [0.29, 0.717) is 25.6 Å². The molecule has 41 heavy (non-hydrogen) atoms. The van der Waals surface area contributed by atoms with Crippen molar-refractivity contribution >= 4 is 35.0 Å². The van der Waals surface area contributed by atoms with E-state index >= 15 is 0 Å². The minimum atomic E-state index is -0.703. The summed E-state index contributed by atoms with van der Waals surface area (Å²) in [6.07, 6.45) is 3.77. The number of fused-ring (bicyclic) bond motifs is 1. The van der Waals surface area contributed by atoms with Crippen LogP contribution in [0.1, 0.15) is 31.0 Å². The molecule has 2 aromatic heterocycles. The molecular weight excluding hydrogens is 556 g/mol. The predicted octanol–water partition coefficient (Wildman–Crippen LogP) is 5.30. The second kappa shape index (κ2) is 11.2. The third-order valence-electron chi connectivity index (χ3n) is 6.80. The van der Waals surface area contributed by atoms with E-state index in [0.717, 1.165) is 28.1 Å². The predicted molar refractivity (Wildman–Crippen MR) is 161 cm³/mol. The molecule has 1 aliphatic heterocycles. The number of thiazole rings is 1. The number of carbonyl (C=O) groups is 1. The first-order valence-electron chi connectivity index (χ1n) is 13.1. The third kappa shape index (κ3) is 5.08. The number of rotatable bonds is 6. The zero-order valence-corrected chi connectivity index (χ0v) is 23.9. The van der Waals surface area contributed by atoms with E-state index in [2.05, 4.69) is 4.99 Å². The SMILES string of the molecule is CCOC(=O)C1=C(C)N=c2s/c(=C\c3cn(-c4ccccc4)nc3-c3ccccc3)c(=O)n2[C@@H]1c1ccc(Cl)cc1. The van der Waals surface area contributed by atoms with Gasteiger partial charge in [0.05, 0.1) is 39.8 Å². The zero-order valence-electron chi connectivity index (χ0n) is 22.3. The lowest BCUT2D eigenvalue weighted by Gasteiger charge is -2.24. The van der Waals surface area contributed by atoms with Gasteiger partial charge in [-0.3, -0.25) is 9.36 Å². The summed E-state index contributed by atoms with van der Waals surface area (Å²) in [5.41, 5.74) is 4.69. The van der Waals surface area contributed by atoms with Gasteiger partial charge in [-0.15, -0.1) is 0 Å². The van der Waals surface area contributed by atoms with E-state index in [1.807, 2.05) is 89.8 Å². The van der Waals surface area contributed by atoms with Gasteiger partial charge in [0.2, 0.25) is 0 Å². The zero-order chi connectivity index (χ0) is 28.5. The Morgan fingerprint density at radius 2 is 1.71 bits per heavy atom. The molecular formula is C32H25ClN4O3S. The molecule has 0 amide bonds. The maximum absolute atomic E-state index is 14.1. The van der Waals surface area contributed by atoms with E-state index in [1.54, 1.807) is 30.5 Å². The summed E-state index contributed by atoms with van der Waals surface area (Å²) in [7, 11) is 0. The van der Waals surface area contributed by atoms with Gasteiger partial charge in [-0.05, 0) is 49.8 Å². The highest BCUT2D eigenvalue weighted by Gasteiger charge is 2.33. The quantitative estimate of drug-likeness (QED) is 0.255. The Hall–Kier alpha value is -4.53. The van der Waals surface area contributed by atoms with E-state index in [-0.39, 0.29) is 12.2 Å². The van der Waals surface area contributed by atoms with Crippen molar-refractivity contribution in [3.05, 3.63) is 138 Å². The molecule has 7 nitrogen and oxygen atoms in total. The van der Waals surface area contributed by atoms with Crippen LogP contribution in [0.5, 0.6) is 0 Å². The lowest BCUT2D eigenvalue weighted by Crippen LogP contribution is -2.39. The smallest absolute Gasteiger partial charge is 0.338 e. The number of para-hydroxylation sites is 1. The van der Waals surface area contributed by atoms with E-state index in [4.69, 9.17) is 21.4 Å². The fourth-order valence-corrected chi connectivity index (χ4v) is 6.08. The van der Waals surface area contributed by atoms with Gasteiger partial charge in [0.1, 0.15) is 0 Å². The molecule has 0 saturated carbocycles. The fraction of sp³-hybridized carbons (Fsp3) is 0.125. The van der Waals surface area contributed by atoms with E-state index in [9.17, 15) is 9.59 Å². The van der Waals surface area contributed by atoms with Crippen molar-refractivity contribution in [3.8, 4) is 16.9 Å².